The molecule has 0 saturated carbocycles. The van der Waals surface area contributed by atoms with E-state index >= 15 is 0 Å². The van der Waals surface area contributed by atoms with Gasteiger partial charge in [-0.2, -0.15) is 25.3 Å². The van der Waals surface area contributed by atoms with Gasteiger partial charge in [0, 0.05) is 82.3 Å². The fraction of sp³-hybridized carbons (Fsp3) is 0.702. The van der Waals surface area contributed by atoms with Gasteiger partial charge in [-0.05, 0) is 124 Å². The molecular formula is C84H144N22O27S3. The van der Waals surface area contributed by atoms with Crippen LogP contribution in [0.5, 0.6) is 0 Å². The van der Waals surface area contributed by atoms with Crippen molar-refractivity contribution in [2.24, 2.45) is 27.7 Å². The number of ether oxygens (including phenoxy) is 8. The van der Waals surface area contributed by atoms with Gasteiger partial charge in [0.15, 0.2) is 5.96 Å². The number of hydrogen-bond acceptors (Lipinski definition) is 34. The first-order valence-corrected chi connectivity index (χ1v) is 47.3. The lowest BCUT2D eigenvalue weighted by Gasteiger charge is -2.28. The van der Waals surface area contributed by atoms with Gasteiger partial charge in [-0.25, -0.2) is 0 Å². The van der Waals surface area contributed by atoms with Crippen molar-refractivity contribution in [3.8, 4) is 0 Å². The van der Waals surface area contributed by atoms with Crippen LogP contribution < -0.4 is 102 Å². The Bertz CT molecular complexity index is 3870. The molecular weight excluding hydrogens is 1850 g/mol. The first kappa shape index (κ1) is 122. The van der Waals surface area contributed by atoms with Gasteiger partial charge in [-0.15, -0.1) is 11.8 Å². The number of carbonyl (C=O) groups excluding carboxylic acids is 15. The van der Waals surface area contributed by atoms with Crippen molar-refractivity contribution in [3.63, 3.8) is 0 Å². The van der Waals surface area contributed by atoms with Gasteiger partial charge < -0.3 is 155 Å². The van der Waals surface area contributed by atoms with Crippen LogP contribution >= 0.6 is 37.0 Å². The number of primary amides is 1. The number of hydrogen-bond donors (Lipinski definition) is 25. The van der Waals surface area contributed by atoms with Crippen molar-refractivity contribution in [2.45, 2.75) is 178 Å². The van der Waals surface area contributed by atoms with Crippen LogP contribution in [0.15, 0.2) is 40.6 Å². The predicted octanol–water partition coefficient (Wildman–Crippen LogP) is -6.04. The summed E-state index contributed by atoms with van der Waals surface area (Å²) >= 11 is 9.43. The Morgan fingerprint density at radius 2 is 0.868 bits per heavy atom. The van der Waals surface area contributed by atoms with E-state index in [0.717, 1.165) is 24.6 Å². The maximum Gasteiger partial charge on any atom is 0.305 e. The fourth-order valence-corrected chi connectivity index (χ4v) is 13.5. The molecule has 770 valence electrons. The highest BCUT2D eigenvalue weighted by Gasteiger charge is 2.35. The number of nitrogens with two attached hydrogens (primary N) is 2. The number of benzene rings is 1. The number of thiol groups is 2. The number of nitrogens with zero attached hydrogens (tertiary/aromatic N) is 2. The molecule has 2 rings (SSSR count). The average molecular weight is 1990 g/mol. The second-order valence-electron chi connectivity index (χ2n) is 32.1. The summed E-state index contributed by atoms with van der Waals surface area (Å²) in [5.41, 5.74) is 10.8. The molecule has 0 aliphatic carbocycles. The second-order valence-corrected chi connectivity index (χ2v) is 33.9. The van der Waals surface area contributed by atoms with Gasteiger partial charge in [-0.1, -0.05) is 40.6 Å². The van der Waals surface area contributed by atoms with Crippen LogP contribution in [0.4, 0.5) is 0 Å². The summed E-state index contributed by atoms with van der Waals surface area (Å²) in [6.07, 6.45) is 1.34. The zero-order chi connectivity index (χ0) is 101. The Morgan fingerprint density at radius 3 is 1.35 bits per heavy atom. The molecule has 1 heterocycles. The minimum atomic E-state index is -1.89. The molecule has 0 radical (unpaired) electrons. The molecule has 25 N–H and O–H groups in total. The van der Waals surface area contributed by atoms with Crippen LogP contribution in [-0.4, -0.2) is 375 Å². The number of rotatable bonds is 65. The van der Waals surface area contributed by atoms with E-state index in [1.54, 1.807) is 44.2 Å². The number of guanidine groups is 1. The van der Waals surface area contributed by atoms with Gasteiger partial charge in [-0.3, -0.25) is 82.1 Å². The normalized spacial score (nSPS) is 18.1. The fourth-order valence-electron chi connectivity index (χ4n) is 12.2. The van der Waals surface area contributed by atoms with Crippen LogP contribution in [0, 0.1) is 11.3 Å². The van der Waals surface area contributed by atoms with Gasteiger partial charge in [0.25, 0.3) is 0 Å². The first-order valence-electron chi connectivity index (χ1n) is 44.8. The Labute approximate surface area is 807 Å². The topological polar surface area (TPSA) is 713 Å². The maximum atomic E-state index is 14.7. The van der Waals surface area contributed by atoms with Crippen molar-refractivity contribution >= 4 is 149 Å². The third-order valence-electron chi connectivity index (χ3n) is 20.4. The van der Waals surface area contributed by atoms with Crippen LogP contribution in [0.3, 0.4) is 0 Å². The molecule has 49 nitrogen and oxygen atoms in total. The van der Waals surface area contributed by atoms with E-state index in [4.69, 9.17) is 54.8 Å². The SMILES string of the molecule is C/C(=N/O)C(C)(C)NCCC(CCNC(=O)CCCC(=O)NCCCC[C@@H]1NC(=O)CSC[C@@H](C(=O)NCCOCCOCCOCCNC(=O)COCC(=O)NCCOCCOCCOCCNC(=O)COCC(N)=O)NC(=O)[C@H](Cc2ccccc2)NC(=O)[C@H](CS)NC(=O)[C@H](CC(=O)O)NC(=O)CNC(=O)[C@H](CCCNC(=N)N)NC(=O)C(CS)NC1=O)CCNC(C)(C)/C(C)=N\O. The molecule has 1 saturated heterocycles. The van der Waals surface area contributed by atoms with Gasteiger partial charge in [0.1, 0.15) is 68.7 Å². The smallest absolute Gasteiger partial charge is 0.305 e. The third-order valence-corrected chi connectivity index (χ3v) is 22.1. The minimum Gasteiger partial charge on any atom is -0.481 e. The number of nitrogens with one attached hydrogen (secondary N) is 18. The molecule has 0 spiro atoms. The van der Waals surface area contributed by atoms with Crippen molar-refractivity contribution in [2.75, 3.05) is 194 Å². The summed E-state index contributed by atoms with van der Waals surface area (Å²) < 4.78 is 43.0. The number of oxime groups is 2. The van der Waals surface area contributed by atoms with Gasteiger partial charge in [0.2, 0.25) is 88.6 Å². The van der Waals surface area contributed by atoms with Crippen molar-refractivity contribution in [1.29, 1.82) is 5.41 Å². The summed E-state index contributed by atoms with van der Waals surface area (Å²) in [4.78, 5) is 212. The zero-order valence-corrected chi connectivity index (χ0v) is 81.0. The Kier molecular flexibility index (Phi) is 65.2. The van der Waals surface area contributed by atoms with E-state index < -0.39 is 167 Å². The highest BCUT2D eigenvalue weighted by Crippen LogP contribution is 2.17. The number of aliphatic carboxylic acids is 1. The lowest BCUT2D eigenvalue weighted by molar-refractivity contribution is -0.141. The molecule has 1 unspecified atom stereocenters. The molecule has 1 fully saturated rings. The largest absolute Gasteiger partial charge is 0.481 e. The van der Waals surface area contributed by atoms with E-state index in [9.17, 15) is 92.2 Å². The number of amides is 15. The van der Waals surface area contributed by atoms with E-state index in [-0.39, 0.29) is 232 Å². The standard InChI is InChI=1S/C84H144N22O27S3/c1-55(105-124)83(3,4)96-26-21-57(22-27-97-84(5,6)56(2)106-125)20-25-89-68(109)19-12-18-67(108)88-23-11-10-16-60-77(119)102-63(51-134)80(122)100-59(17-13-24-94-82(86)87)75(117)95-46-69(110)99-62(45-74(115)116)79(121)103-64(52-135)81(123)101-61(44-58-14-8-7-9-15-58)78(120)104-65(53-136-54-73(114)98-60)76(118)93-31-35-129-39-43-131-42-38-128-34-30-92-72(113)50-133-49-71(112)91-29-33-127-37-41-130-40-36-126-32-28-90-70(111)48-132-47-66(85)107/h7-9,14-15,57,59-65,96-97,124-125,134-135H,10-13,16-54H2,1-6H3,(H2,85,107)(H,88,108)(H,89,109)(H,90,111)(H,91,112)(H,92,113)(H,93,118)(H,95,117)(H,98,114)(H,99,110)(H,100,122)(H,101,123)(H,102,119)(H,103,121)(H,104,120)(H,115,116)(H4,86,87,94)/b105-55-,106-56-/t59-,60-,61-,62-,63?,64-,65-/m0/s1. The molecule has 7 atom stereocenters. The highest BCUT2D eigenvalue weighted by atomic mass is 32.2. The number of carboxylic acids is 1. The Balaban J connectivity index is 2.23. The van der Waals surface area contributed by atoms with E-state index in [1.165, 1.54) is 0 Å². The predicted molar refractivity (Wildman–Crippen MR) is 506 cm³/mol. The van der Waals surface area contributed by atoms with Crippen LogP contribution in [0.1, 0.15) is 124 Å². The highest BCUT2D eigenvalue weighted by molar-refractivity contribution is 8.00. The summed E-state index contributed by atoms with van der Waals surface area (Å²) in [6.45, 7) is 12.8. The molecule has 1 aromatic rings. The molecule has 1 aliphatic heterocycles. The van der Waals surface area contributed by atoms with Gasteiger partial charge >= 0.3 is 5.97 Å². The number of carbonyl (C=O) groups is 16. The summed E-state index contributed by atoms with van der Waals surface area (Å²) in [5, 5.41) is 88.5. The van der Waals surface area contributed by atoms with Crippen LogP contribution in [-0.2, 0) is 121 Å². The second kappa shape index (κ2) is 72.9. The van der Waals surface area contributed by atoms with Crippen molar-refractivity contribution < 1.29 is 130 Å². The lowest BCUT2D eigenvalue weighted by Crippen LogP contribution is -2.60. The summed E-state index contributed by atoms with van der Waals surface area (Å²) in [6, 6.07) is -2.57. The monoisotopic (exact) mass is 1990 g/mol. The van der Waals surface area contributed by atoms with Crippen molar-refractivity contribution in [3.05, 3.63) is 35.9 Å². The maximum absolute atomic E-state index is 14.7. The first-order chi connectivity index (χ1) is 64.9. The summed E-state index contributed by atoms with van der Waals surface area (Å²) in [5.74, 6) is -14.8. The number of thioether (sulfide) groups is 1. The minimum absolute atomic E-state index is 0.00326. The quantitative estimate of drug-likeness (QED) is 0.00721. The Morgan fingerprint density at radius 1 is 0.463 bits per heavy atom. The van der Waals surface area contributed by atoms with E-state index in [0.29, 0.717) is 43.0 Å². The van der Waals surface area contributed by atoms with E-state index in [1.807, 2.05) is 27.7 Å². The number of unbranched alkanes of at least 4 members (excludes halogenated alkanes) is 1. The molecule has 136 heavy (non-hydrogen) atoms. The molecule has 1 aliphatic rings. The molecule has 15 amide bonds. The third kappa shape index (κ3) is 58.9. The van der Waals surface area contributed by atoms with E-state index in [2.05, 4.69) is 126 Å². The lowest BCUT2D eigenvalue weighted by atomic mass is 9.94. The van der Waals surface area contributed by atoms with Crippen LogP contribution in [0.2, 0.25) is 0 Å². The molecule has 0 aromatic heterocycles. The molecule has 1 aromatic carbocycles. The zero-order valence-electron chi connectivity index (χ0n) is 78.4. The van der Waals surface area contributed by atoms with Crippen molar-refractivity contribution in [1.82, 2.24) is 90.4 Å². The number of carboxylic acid groups (broad SMARTS) is 1. The average Bonchev–Trinajstić information content (AvgIpc) is 0.937. The van der Waals surface area contributed by atoms with Crippen LogP contribution in [0.25, 0.3) is 0 Å². The molecule has 52 heteroatoms. The van der Waals surface area contributed by atoms with Gasteiger partial charge in [0.05, 0.1) is 121 Å². The molecule has 0 bridgehead atoms. The Hall–Kier alpha value is -10.4. The summed E-state index contributed by atoms with van der Waals surface area (Å²) in [7, 11) is 0.